The quantitative estimate of drug-likeness (QED) is 0.167. The van der Waals surface area contributed by atoms with Crippen LogP contribution in [0.1, 0.15) is 49.8 Å². The molecule has 0 bridgehead atoms. The molecule has 2 aliphatic rings. The van der Waals surface area contributed by atoms with Gasteiger partial charge in [-0.05, 0) is 25.0 Å². The van der Waals surface area contributed by atoms with E-state index in [4.69, 9.17) is 25.8 Å². The first kappa shape index (κ1) is 31.5. The van der Waals surface area contributed by atoms with Crippen LogP contribution in [-0.4, -0.2) is 79.8 Å². The van der Waals surface area contributed by atoms with Gasteiger partial charge in [0, 0.05) is 37.6 Å². The predicted molar refractivity (Wildman–Crippen MR) is 160 cm³/mol. The monoisotopic (exact) mass is 581 g/mol. The number of aliphatic hydroxyl groups excluding tert-OH is 1. The molecule has 6 N–H and O–H groups in total. The van der Waals surface area contributed by atoms with E-state index < -0.39 is 12.1 Å². The number of aliphatic hydroxyl groups is 1. The number of fused-ring (bicyclic) bond motifs is 2. The van der Waals surface area contributed by atoms with Crippen molar-refractivity contribution >= 4 is 28.9 Å². The van der Waals surface area contributed by atoms with Crippen LogP contribution >= 0.6 is 0 Å². The van der Waals surface area contributed by atoms with Gasteiger partial charge in [-0.3, -0.25) is 14.6 Å². The maximum atomic E-state index is 13.7. The first-order valence-electron chi connectivity index (χ1n) is 14.5. The van der Waals surface area contributed by atoms with E-state index in [0.29, 0.717) is 55.4 Å². The molecule has 11 heteroatoms. The van der Waals surface area contributed by atoms with Gasteiger partial charge in [0.05, 0.1) is 61.7 Å². The van der Waals surface area contributed by atoms with Crippen LogP contribution in [0.5, 0.6) is 0 Å². The third-order valence-electron chi connectivity index (χ3n) is 7.79. The van der Waals surface area contributed by atoms with Crippen molar-refractivity contribution in [1.82, 2.24) is 10.3 Å². The van der Waals surface area contributed by atoms with Crippen LogP contribution in [0.25, 0.3) is 11.4 Å². The largest absolute Gasteiger partial charge is 0.396 e. The summed E-state index contributed by atoms with van der Waals surface area (Å²) in [5.41, 5.74) is 10.7. The molecule has 2 aliphatic heterocycles. The van der Waals surface area contributed by atoms with Crippen LogP contribution in [0.15, 0.2) is 48.5 Å². The Morgan fingerprint density at radius 3 is 2.52 bits per heavy atom. The summed E-state index contributed by atoms with van der Waals surface area (Å²) in [6.45, 7) is 5.76. The fraction of sp³-hybridized carbons (Fsp3) is 0.484. The summed E-state index contributed by atoms with van der Waals surface area (Å²) < 4.78 is 16.3. The third-order valence-corrected chi connectivity index (χ3v) is 7.79. The van der Waals surface area contributed by atoms with Crippen LogP contribution < -0.4 is 21.8 Å². The smallest absolute Gasteiger partial charge is 0.227 e. The molecule has 228 valence electrons. The minimum absolute atomic E-state index is 0.0120. The van der Waals surface area contributed by atoms with Crippen molar-refractivity contribution in [1.29, 1.82) is 0 Å². The third kappa shape index (κ3) is 6.93. The van der Waals surface area contributed by atoms with Crippen LogP contribution in [0.2, 0.25) is 0 Å². The molecule has 1 saturated heterocycles. The Kier molecular flexibility index (Phi) is 10.9. The van der Waals surface area contributed by atoms with Crippen molar-refractivity contribution < 1.29 is 28.9 Å². The number of methoxy groups -OCH3 is 1. The molecule has 2 heterocycles. The molecule has 0 saturated carbocycles. The second-order valence-corrected chi connectivity index (χ2v) is 10.5. The van der Waals surface area contributed by atoms with Crippen molar-refractivity contribution in [3.05, 3.63) is 65.2 Å². The number of hydrogen-bond acceptors (Lipinski definition) is 9. The van der Waals surface area contributed by atoms with Gasteiger partial charge in [-0.1, -0.05) is 49.4 Å². The van der Waals surface area contributed by atoms with E-state index in [9.17, 15) is 14.7 Å². The lowest BCUT2D eigenvalue weighted by atomic mass is 9.94. The summed E-state index contributed by atoms with van der Waals surface area (Å²) in [6, 6.07) is 14.5. The van der Waals surface area contributed by atoms with Gasteiger partial charge in [0.15, 0.2) is 0 Å². The number of carbonyl (C=O) groups excluding carboxylic acids is 2. The summed E-state index contributed by atoms with van der Waals surface area (Å²) in [6.07, 6.45) is -0.852. The summed E-state index contributed by atoms with van der Waals surface area (Å²) in [5, 5.41) is 15.4. The summed E-state index contributed by atoms with van der Waals surface area (Å²) in [4.78, 5) is 27.9. The minimum Gasteiger partial charge on any atom is -0.396 e. The second-order valence-electron chi connectivity index (χ2n) is 10.5. The maximum Gasteiger partial charge on any atom is 0.227 e. The van der Waals surface area contributed by atoms with E-state index in [2.05, 4.69) is 5.32 Å². The Hall–Kier alpha value is -3.48. The van der Waals surface area contributed by atoms with E-state index in [1.165, 1.54) is 5.01 Å². The number of anilines is 1. The number of hydrogen-bond donors (Lipinski definition) is 4. The Morgan fingerprint density at radius 1 is 1.10 bits per heavy atom. The van der Waals surface area contributed by atoms with Gasteiger partial charge < -0.3 is 35.3 Å². The van der Waals surface area contributed by atoms with E-state index in [-0.39, 0.29) is 43.4 Å². The molecule has 0 aliphatic carbocycles. The number of para-hydroxylation sites is 1. The molecule has 11 nitrogen and oxygen atoms in total. The van der Waals surface area contributed by atoms with E-state index in [0.717, 1.165) is 11.1 Å². The highest BCUT2D eigenvalue weighted by molar-refractivity contribution is 6.02. The Morgan fingerprint density at radius 2 is 1.81 bits per heavy atom. The minimum atomic E-state index is -0.829. The van der Waals surface area contributed by atoms with Crippen LogP contribution in [0, 0.1) is 0 Å². The second kappa shape index (κ2) is 14.6. The zero-order valence-corrected chi connectivity index (χ0v) is 24.6. The van der Waals surface area contributed by atoms with Crippen LogP contribution in [-0.2, 0) is 30.3 Å². The molecular weight excluding hydrogens is 538 g/mol. The molecule has 2 aromatic rings. The maximum absolute atomic E-state index is 13.7. The Bertz CT molecular complexity index is 1270. The van der Waals surface area contributed by atoms with Gasteiger partial charge in [0.25, 0.3) is 0 Å². The molecule has 2 amide bonds. The van der Waals surface area contributed by atoms with Gasteiger partial charge in [0.1, 0.15) is 6.10 Å². The van der Waals surface area contributed by atoms with Crippen LogP contribution in [0.4, 0.5) is 5.69 Å². The molecule has 4 unspecified atom stereocenters. The summed E-state index contributed by atoms with van der Waals surface area (Å²) in [7, 11) is 1.60. The zero-order valence-electron chi connectivity index (χ0n) is 24.6. The van der Waals surface area contributed by atoms with Crippen LogP contribution in [0.3, 0.4) is 0 Å². The standard InChI is InChI=1S/C31H43N5O6/c1-4-25-31(39)29(20(2)42-25)36(33)30-23-11-7-8-12-24(23)35(19-21-9-5-6-10-22(21)28(30)32)27(38)14-13-26(37)34-15-16-41-18-17-40-3/h5-12,20,25,29,31,39H,4,13-19,32-33H2,1-3H3,(H,34,37)/b30-28-. The molecule has 4 rings (SSSR count). The molecular formula is C31H43N5O6. The molecule has 1 fully saturated rings. The number of nitrogens with one attached hydrogen (secondary N) is 1. The van der Waals surface area contributed by atoms with Gasteiger partial charge >= 0.3 is 0 Å². The van der Waals surface area contributed by atoms with Gasteiger partial charge in [-0.25, -0.2) is 5.84 Å². The zero-order chi connectivity index (χ0) is 30.2. The van der Waals surface area contributed by atoms with Crippen molar-refractivity contribution in [2.45, 2.75) is 64.0 Å². The topological polar surface area (TPSA) is 153 Å². The number of rotatable bonds is 12. The van der Waals surface area contributed by atoms with Gasteiger partial charge in [-0.15, -0.1) is 0 Å². The van der Waals surface area contributed by atoms with Crippen molar-refractivity contribution in [3.63, 3.8) is 0 Å². The predicted octanol–water partition coefficient (Wildman–Crippen LogP) is 1.98. The SMILES string of the molecule is CCC1OC(C)C(N(N)/C2=C(\N)c3ccccc3CN(C(=O)CCC(=O)NCCOCCOC)c3ccccc32)C1O. The average Bonchev–Trinajstić information content (AvgIpc) is 3.28. The fourth-order valence-corrected chi connectivity index (χ4v) is 5.62. The Labute approximate surface area is 247 Å². The number of nitrogens with zero attached hydrogens (tertiary/aromatic N) is 2. The lowest BCUT2D eigenvalue weighted by molar-refractivity contribution is -0.125. The summed E-state index contributed by atoms with van der Waals surface area (Å²) >= 11 is 0. The van der Waals surface area contributed by atoms with E-state index in [1.807, 2.05) is 62.4 Å². The van der Waals surface area contributed by atoms with E-state index >= 15 is 0 Å². The average molecular weight is 582 g/mol. The van der Waals surface area contributed by atoms with Gasteiger partial charge in [0.2, 0.25) is 11.8 Å². The van der Waals surface area contributed by atoms with Crippen molar-refractivity contribution in [2.75, 3.05) is 38.4 Å². The van der Waals surface area contributed by atoms with E-state index in [1.54, 1.807) is 12.0 Å². The first-order chi connectivity index (χ1) is 20.3. The highest BCUT2D eigenvalue weighted by atomic mass is 16.5. The normalized spacial score (nSPS) is 23.5. The highest BCUT2D eigenvalue weighted by Gasteiger charge is 2.45. The number of hydrazine groups is 1. The number of nitrogens with two attached hydrogens (primary N) is 2. The van der Waals surface area contributed by atoms with Gasteiger partial charge in [-0.2, -0.15) is 0 Å². The number of benzene rings is 2. The number of carbonyl (C=O) groups is 2. The lowest BCUT2D eigenvalue weighted by Gasteiger charge is -2.37. The van der Waals surface area contributed by atoms with Crippen molar-refractivity contribution in [3.8, 4) is 0 Å². The molecule has 42 heavy (non-hydrogen) atoms. The molecule has 4 atom stereocenters. The fourth-order valence-electron chi connectivity index (χ4n) is 5.62. The molecule has 0 spiro atoms. The Balaban J connectivity index is 1.62. The number of amides is 2. The molecule has 0 aromatic heterocycles. The number of ether oxygens (including phenoxy) is 3. The summed E-state index contributed by atoms with van der Waals surface area (Å²) in [5.74, 6) is 6.38. The molecule has 2 aromatic carbocycles. The van der Waals surface area contributed by atoms with Crippen molar-refractivity contribution in [2.24, 2.45) is 11.6 Å². The first-order valence-corrected chi connectivity index (χ1v) is 14.5. The molecule has 0 radical (unpaired) electrons. The lowest BCUT2D eigenvalue weighted by Crippen LogP contribution is -2.50. The highest BCUT2D eigenvalue weighted by Crippen LogP contribution is 2.40.